The van der Waals surface area contributed by atoms with E-state index in [-0.39, 0.29) is 30.1 Å². The molecule has 1 N–H and O–H groups in total. The van der Waals surface area contributed by atoms with E-state index in [0.717, 1.165) is 42.8 Å². The normalized spacial score (nSPS) is 15.5. The molecule has 7 nitrogen and oxygen atoms in total. The topological polar surface area (TPSA) is 88.3 Å². The SMILES string of the molecule is O=C(NC1CCCCC1)[C@@H](c1ccccc1)N(Cc1ccco1)C(=O)c1csnn1. The highest BCUT2D eigenvalue weighted by Gasteiger charge is 2.34. The van der Waals surface area contributed by atoms with Gasteiger partial charge in [0, 0.05) is 11.4 Å². The first-order valence-electron chi connectivity index (χ1n) is 10.2. The molecule has 1 saturated carbocycles. The van der Waals surface area contributed by atoms with Gasteiger partial charge >= 0.3 is 0 Å². The van der Waals surface area contributed by atoms with Gasteiger partial charge in [-0.15, -0.1) is 5.10 Å². The van der Waals surface area contributed by atoms with Crippen molar-refractivity contribution in [2.75, 3.05) is 0 Å². The lowest BCUT2D eigenvalue weighted by Crippen LogP contribution is -2.46. The van der Waals surface area contributed by atoms with Gasteiger partial charge in [0.1, 0.15) is 11.8 Å². The summed E-state index contributed by atoms with van der Waals surface area (Å²) >= 11 is 1.11. The molecule has 0 spiro atoms. The maximum Gasteiger partial charge on any atom is 0.276 e. The zero-order chi connectivity index (χ0) is 20.8. The number of nitrogens with one attached hydrogen (secondary N) is 1. The van der Waals surface area contributed by atoms with Gasteiger partial charge < -0.3 is 14.6 Å². The predicted molar refractivity (Wildman–Crippen MR) is 113 cm³/mol. The summed E-state index contributed by atoms with van der Waals surface area (Å²) in [5, 5.41) is 8.71. The van der Waals surface area contributed by atoms with Crippen LogP contribution in [0.2, 0.25) is 0 Å². The van der Waals surface area contributed by atoms with Crippen molar-refractivity contribution in [1.29, 1.82) is 0 Å². The van der Waals surface area contributed by atoms with Gasteiger partial charge in [-0.1, -0.05) is 54.1 Å². The third-order valence-electron chi connectivity index (χ3n) is 5.37. The van der Waals surface area contributed by atoms with Crippen molar-refractivity contribution in [3.63, 3.8) is 0 Å². The Morgan fingerprint density at radius 1 is 1.13 bits per heavy atom. The largest absolute Gasteiger partial charge is 0.467 e. The molecule has 1 aliphatic carbocycles. The number of carbonyl (C=O) groups is 2. The van der Waals surface area contributed by atoms with Gasteiger partial charge in [-0.05, 0) is 42.1 Å². The standard InChI is InChI=1S/C22H24N4O3S/c27-21(23-17-10-5-2-6-11-17)20(16-8-3-1-4-9-16)26(14-18-12-7-13-29-18)22(28)19-15-30-25-24-19/h1,3-4,7-9,12-13,15,17,20H,2,5-6,10-11,14H2,(H,23,27)/t20-/m1/s1. The second kappa shape index (κ2) is 9.67. The average Bonchev–Trinajstić information content (AvgIpc) is 3.49. The molecule has 1 fully saturated rings. The van der Waals surface area contributed by atoms with Gasteiger partial charge in [0.05, 0.1) is 12.8 Å². The van der Waals surface area contributed by atoms with Crippen molar-refractivity contribution in [3.05, 3.63) is 71.1 Å². The number of amides is 2. The summed E-state index contributed by atoms with van der Waals surface area (Å²) in [4.78, 5) is 28.4. The van der Waals surface area contributed by atoms with Crippen LogP contribution in [0.25, 0.3) is 0 Å². The summed E-state index contributed by atoms with van der Waals surface area (Å²) in [6.45, 7) is 0.154. The number of hydrogen-bond acceptors (Lipinski definition) is 6. The van der Waals surface area contributed by atoms with Crippen LogP contribution in [0.3, 0.4) is 0 Å². The quantitative estimate of drug-likeness (QED) is 0.620. The van der Waals surface area contributed by atoms with E-state index in [1.807, 2.05) is 30.3 Å². The van der Waals surface area contributed by atoms with Gasteiger partial charge in [-0.25, -0.2) is 0 Å². The van der Waals surface area contributed by atoms with Crippen LogP contribution < -0.4 is 5.32 Å². The van der Waals surface area contributed by atoms with Crippen molar-refractivity contribution in [2.45, 2.75) is 50.7 Å². The highest BCUT2D eigenvalue weighted by atomic mass is 32.1. The maximum absolute atomic E-state index is 13.5. The molecule has 1 aromatic carbocycles. The van der Waals surface area contributed by atoms with Crippen molar-refractivity contribution < 1.29 is 14.0 Å². The Morgan fingerprint density at radius 3 is 2.60 bits per heavy atom. The average molecular weight is 425 g/mol. The lowest BCUT2D eigenvalue weighted by Gasteiger charge is -2.32. The monoisotopic (exact) mass is 424 g/mol. The van der Waals surface area contributed by atoms with Crippen molar-refractivity contribution in [2.24, 2.45) is 0 Å². The molecule has 8 heteroatoms. The third kappa shape index (κ3) is 4.76. The highest BCUT2D eigenvalue weighted by molar-refractivity contribution is 7.03. The maximum atomic E-state index is 13.5. The van der Waals surface area contributed by atoms with E-state index in [1.165, 1.54) is 11.3 Å². The summed E-state index contributed by atoms with van der Waals surface area (Å²) < 4.78 is 9.30. The Bertz CT molecular complexity index is 938. The number of aromatic nitrogens is 2. The molecule has 2 heterocycles. The Morgan fingerprint density at radius 2 is 1.93 bits per heavy atom. The molecule has 156 valence electrons. The zero-order valence-electron chi connectivity index (χ0n) is 16.6. The molecular weight excluding hydrogens is 400 g/mol. The number of benzene rings is 1. The molecule has 0 bridgehead atoms. The minimum absolute atomic E-state index is 0.138. The van der Waals surface area contributed by atoms with E-state index in [1.54, 1.807) is 23.8 Å². The molecule has 0 saturated heterocycles. The predicted octanol–water partition coefficient (Wildman–Crippen LogP) is 3.96. The molecular formula is C22H24N4O3S. The number of furan rings is 1. The first-order chi connectivity index (χ1) is 14.7. The van der Waals surface area contributed by atoms with Crippen LogP contribution in [-0.2, 0) is 11.3 Å². The highest BCUT2D eigenvalue weighted by Crippen LogP contribution is 2.27. The van der Waals surface area contributed by atoms with Gasteiger partial charge in [-0.2, -0.15) is 0 Å². The van der Waals surface area contributed by atoms with Crippen LogP contribution in [0.4, 0.5) is 0 Å². The second-order valence-electron chi connectivity index (χ2n) is 7.46. The molecule has 0 aliphatic heterocycles. The summed E-state index contributed by atoms with van der Waals surface area (Å²) in [5.74, 6) is 0.0573. The number of rotatable bonds is 7. The van der Waals surface area contributed by atoms with E-state index < -0.39 is 6.04 Å². The Labute approximate surface area is 179 Å². The van der Waals surface area contributed by atoms with E-state index in [4.69, 9.17) is 4.42 Å². The van der Waals surface area contributed by atoms with Gasteiger partial charge in [0.25, 0.3) is 5.91 Å². The van der Waals surface area contributed by atoms with Crippen molar-refractivity contribution in [1.82, 2.24) is 19.8 Å². The summed E-state index contributed by atoms with van der Waals surface area (Å²) in [6.07, 6.45) is 6.92. The smallest absolute Gasteiger partial charge is 0.276 e. The van der Waals surface area contributed by atoms with Crippen LogP contribution in [0, 0.1) is 0 Å². The molecule has 2 amide bonds. The molecule has 0 radical (unpaired) electrons. The molecule has 30 heavy (non-hydrogen) atoms. The Hall–Kier alpha value is -3.00. The molecule has 1 aliphatic rings. The number of hydrogen-bond donors (Lipinski definition) is 1. The van der Waals surface area contributed by atoms with Crippen molar-refractivity contribution in [3.8, 4) is 0 Å². The van der Waals surface area contributed by atoms with E-state index >= 15 is 0 Å². The van der Waals surface area contributed by atoms with E-state index in [0.29, 0.717) is 5.76 Å². The third-order valence-corrected chi connectivity index (χ3v) is 5.88. The fourth-order valence-electron chi connectivity index (χ4n) is 3.89. The molecule has 2 aromatic heterocycles. The fourth-order valence-corrected chi connectivity index (χ4v) is 4.32. The molecule has 0 unspecified atom stereocenters. The fraction of sp³-hybridized carbons (Fsp3) is 0.364. The van der Waals surface area contributed by atoms with Crippen LogP contribution in [0.15, 0.2) is 58.5 Å². The van der Waals surface area contributed by atoms with Crippen LogP contribution >= 0.6 is 11.5 Å². The lowest BCUT2D eigenvalue weighted by molar-refractivity contribution is -0.127. The van der Waals surface area contributed by atoms with Gasteiger partial charge in [0.15, 0.2) is 5.69 Å². The number of nitrogens with zero attached hydrogens (tertiary/aromatic N) is 3. The first kappa shape index (κ1) is 20.3. The molecule has 1 atom stereocenters. The van der Waals surface area contributed by atoms with Crippen LogP contribution in [-0.4, -0.2) is 32.3 Å². The zero-order valence-corrected chi connectivity index (χ0v) is 17.4. The first-order valence-corrected chi connectivity index (χ1v) is 11.0. The van der Waals surface area contributed by atoms with Gasteiger partial charge in [-0.3, -0.25) is 9.59 Å². The van der Waals surface area contributed by atoms with Crippen LogP contribution in [0.5, 0.6) is 0 Å². The Balaban J connectivity index is 1.68. The van der Waals surface area contributed by atoms with Crippen LogP contribution in [0.1, 0.15) is 60.0 Å². The van der Waals surface area contributed by atoms with E-state index in [9.17, 15) is 9.59 Å². The second-order valence-corrected chi connectivity index (χ2v) is 8.07. The summed E-state index contributed by atoms with van der Waals surface area (Å²) in [6, 6.07) is 12.3. The summed E-state index contributed by atoms with van der Waals surface area (Å²) in [7, 11) is 0. The minimum Gasteiger partial charge on any atom is -0.467 e. The number of carbonyl (C=O) groups excluding carboxylic acids is 2. The summed E-state index contributed by atoms with van der Waals surface area (Å²) in [5.41, 5.74) is 0.965. The lowest BCUT2D eigenvalue weighted by atomic mass is 9.94. The van der Waals surface area contributed by atoms with Gasteiger partial charge in [0.2, 0.25) is 5.91 Å². The molecule has 4 rings (SSSR count). The minimum atomic E-state index is -0.799. The Kier molecular flexibility index (Phi) is 6.53. The van der Waals surface area contributed by atoms with E-state index in [2.05, 4.69) is 14.9 Å². The molecule has 3 aromatic rings. The van der Waals surface area contributed by atoms with Crippen molar-refractivity contribution >= 4 is 23.3 Å².